The third kappa shape index (κ3) is 3.61. The smallest absolute Gasteiger partial charge is 0.0412 e. The molecule has 0 nitrogen and oxygen atoms in total. The summed E-state index contributed by atoms with van der Waals surface area (Å²) in [5.74, 6) is 0. The lowest BCUT2D eigenvalue weighted by Crippen LogP contribution is -1.89. The lowest BCUT2D eigenvalue weighted by atomic mass is 9.87. The fourth-order valence-electron chi connectivity index (χ4n) is 6.16. The fourth-order valence-corrected chi connectivity index (χ4v) is 6.34. The molecule has 0 fully saturated rings. The second-order valence-corrected chi connectivity index (χ2v) is 10.7. The van der Waals surface area contributed by atoms with Crippen molar-refractivity contribution in [1.29, 1.82) is 0 Å². The highest BCUT2D eigenvalue weighted by Gasteiger charge is 2.15. The van der Waals surface area contributed by atoms with E-state index < -0.39 is 0 Å². The largest absolute Gasteiger partial charge is 0.0843 e. The van der Waals surface area contributed by atoms with Gasteiger partial charge in [0, 0.05) is 5.02 Å². The first-order valence-corrected chi connectivity index (χ1v) is 13.7. The zero-order valence-electron chi connectivity index (χ0n) is 21.2. The molecule has 0 aliphatic carbocycles. The predicted molar refractivity (Wildman–Crippen MR) is 170 cm³/mol. The SMILES string of the molecule is Clc1ccc2c(c1)c(-c1ccc3ccccc3c1)cc1c3ccccc3c(-c3ccc4ccccc4c3)cc21. The number of benzene rings is 8. The first-order valence-electron chi connectivity index (χ1n) is 13.3. The standard InChI is InChI=1S/C38H23Cl/c39-30-17-18-33-36(21-30)35(29-16-14-25-8-2-4-10-27(25)20-29)23-37-32-12-6-5-11-31(32)34(22-38(33)37)28-15-13-24-7-1-3-9-26(24)19-28/h1-23H. The van der Waals surface area contributed by atoms with Crippen LogP contribution in [0.2, 0.25) is 5.02 Å². The molecule has 0 unspecified atom stereocenters. The van der Waals surface area contributed by atoms with Gasteiger partial charge in [-0.05, 0) is 113 Å². The minimum Gasteiger partial charge on any atom is -0.0843 e. The third-order valence-electron chi connectivity index (χ3n) is 8.06. The van der Waals surface area contributed by atoms with E-state index in [1.807, 2.05) is 6.07 Å². The Hall–Kier alpha value is -4.65. The van der Waals surface area contributed by atoms with E-state index in [9.17, 15) is 0 Å². The highest BCUT2D eigenvalue weighted by Crippen LogP contribution is 2.43. The first kappa shape index (κ1) is 22.3. The van der Waals surface area contributed by atoms with Gasteiger partial charge >= 0.3 is 0 Å². The lowest BCUT2D eigenvalue weighted by molar-refractivity contribution is 1.69. The Morgan fingerprint density at radius 1 is 0.308 bits per heavy atom. The monoisotopic (exact) mass is 514 g/mol. The Labute approximate surface area is 231 Å². The quantitative estimate of drug-likeness (QED) is 0.201. The summed E-state index contributed by atoms with van der Waals surface area (Å²) in [6.07, 6.45) is 0. The molecule has 0 bridgehead atoms. The molecular weight excluding hydrogens is 492 g/mol. The highest BCUT2D eigenvalue weighted by molar-refractivity contribution is 6.32. The Balaban J connectivity index is 1.48. The van der Waals surface area contributed by atoms with Crippen LogP contribution < -0.4 is 0 Å². The van der Waals surface area contributed by atoms with Gasteiger partial charge in [0.05, 0.1) is 0 Å². The molecule has 0 atom stereocenters. The molecule has 8 aromatic carbocycles. The summed E-state index contributed by atoms with van der Waals surface area (Å²) in [5.41, 5.74) is 4.88. The Kier molecular flexibility index (Phi) is 4.98. The van der Waals surface area contributed by atoms with E-state index in [0.717, 1.165) is 5.02 Å². The minimum atomic E-state index is 0.749. The van der Waals surface area contributed by atoms with Crippen molar-refractivity contribution in [2.24, 2.45) is 0 Å². The summed E-state index contributed by atoms with van der Waals surface area (Å²) < 4.78 is 0. The summed E-state index contributed by atoms with van der Waals surface area (Å²) >= 11 is 6.60. The van der Waals surface area contributed by atoms with Crippen molar-refractivity contribution in [2.75, 3.05) is 0 Å². The maximum atomic E-state index is 6.60. The maximum absolute atomic E-state index is 6.60. The van der Waals surface area contributed by atoms with Crippen LogP contribution in [0.1, 0.15) is 0 Å². The van der Waals surface area contributed by atoms with E-state index in [4.69, 9.17) is 11.6 Å². The van der Waals surface area contributed by atoms with Crippen molar-refractivity contribution < 1.29 is 0 Å². The van der Waals surface area contributed by atoms with E-state index in [2.05, 4.69) is 133 Å². The van der Waals surface area contributed by atoms with Crippen molar-refractivity contribution in [2.45, 2.75) is 0 Å². The molecule has 0 saturated carbocycles. The molecule has 1 heteroatoms. The zero-order valence-corrected chi connectivity index (χ0v) is 21.9. The lowest BCUT2D eigenvalue weighted by Gasteiger charge is -2.17. The van der Waals surface area contributed by atoms with Gasteiger partial charge in [-0.2, -0.15) is 0 Å². The Bertz CT molecular complexity index is 2240. The van der Waals surface area contributed by atoms with Crippen molar-refractivity contribution >= 4 is 65.5 Å². The van der Waals surface area contributed by atoms with E-state index in [1.165, 1.54) is 76.1 Å². The van der Waals surface area contributed by atoms with Gasteiger partial charge in [-0.1, -0.05) is 115 Å². The molecule has 0 N–H and O–H groups in total. The van der Waals surface area contributed by atoms with E-state index in [-0.39, 0.29) is 0 Å². The van der Waals surface area contributed by atoms with Crippen LogP contribution in [-0.2, 0) is 0 Å². The van der Waals surface area contributed by atoms with Gasteiger partial charge in [-0.25, -0.2) is 0 Å². The molecule has 0 aliphatic rings. The van der Waals surface area contributed by atoms with Crippen LogP contribution in [0.5, 0.6) is 0 Å². The molecule has 0 aromatic heterocycles. The van der Waals surface area contributed by atoms with Gasteiger partial charge in [0.25, 0.3) is 0 Å². The molecule has 39 heavy (non-hydrogen) atoms. The molecule has 0 amide bonds. The van der Waals surface area contributed by atoms with Gasteiger partial charge in [-0.15, -0.1) is 0 Å². The summed E-state index contributed by atoms with van der Waals surface area (Å²) in [6.45, 7) is 0. The predicted octanol–water partition coefficient (Wildman–Crippen LogP) is 11.4. The minimum absolute atomic E-state index is 0.749. The number of fused-ring (bicyclic) bond motifs is 7. The van der Waals surface area contributed by atoms with Gasteiger partial charge in [0.1, 0.15) is 0 Å². The van der Waals surface area contributed by atoms with Crippen molar-refractivity contribution in [3.05, 3.63) is 145 Å². The first-order chi connectivity index (χ1) is 19.2. The molecule has 182 valence electrons. The molecule has 0 heterocycles. The second-order valence-electron chi connectivity index (χ2n) is 10.3. The summed E-state index contributed by atoms with van der Waals surface area (Å²) in [6, 6.07) is 50.5. The zero-order chi connectivity index (χ0) is 25.9. The number of hydrogen-bond acceptors (Lipinski definition) is 0. The van der Waals surface area contributed by atoms with Gasteiger partial charge < -0.3 is 0 Å². The van der Waals surface area contributed by atoms with E-state index >= 15 is 0 Å². The van der Waals surface area contributed by atoms with Crippen LogP contribution >= 0.6 is 11.6 Å². The molecule has 0 aliphatic heterocycles. The maximum Gasteiger partial charge on any atom is 0.0412 e. The normalized spacial score (nSPS) is 11.7. The Morgan fingerprint density at radius 2 is 0.795 bits per heavy atom. The van der Waals surface area contributed by atoms with Crippen LogP contribution in [0.3, 0.4) is 0 Å². The average molecular weight is 515 g/mol. The van der Waals surface area contributed by atoms with Gasteiger partial charge in [-0.3, -0.25) is 0 Å². The summed E-state index contributed by atoms with van der Waals surface area (Å²) in [5, 5.41) is 13.2. The number of halogens is 1. The van der Waals surface area contributed by atoms with Crippen molar-refractivity contribution in [3.8, 4) is 22.3 Å². The highest BCUT2D eigenvalue weighted by atomic mass is 35.5. The van der Waals surface area contributed by atoms with Crippen LogP contribution in [0, 0.1) is 0 Å². The summed E-state index contributed by atoms with van der Waals surface area (Å²) in [4.78, 5) is 0. The van der Waals surface area contributed by atoms with Crippen LogP contribution in [0.15, 0.2) is 140 Å². The van der Waals surface area contributed by atoms with Crippen LogP contribution in [0.25, 0.3) is 76.1 Å². The fraction of sp³-hybridized carbons (Fsp3) is 0. The van der Waals surface area contributed by atoms with E-state index in [0.29, 0.717) is 0 Å². The molecule has 0 radical (unpaired) electrons. The molecule has 0 spiro atoms. The van der Waals surface area contributed by atoms with Gasteiger partial charge in [0.15, 0.2) is 0 Å². The van der Waals surface area contributed by atoms with Gasteiger partial charge in [0.2, 0.25) is 0 Å². The number of rotatable bonds is 2. The molecular formula is C38H23Cl. The topological polar surface area (TPSA) is 0 Å². The Morgan fingerprint density at radius 3 is 1.41 bits per heavy atom. The van der Waals surface area contributed by atoms with Crippen molar-refractivity contribution in [3.63, 3.8) is 0 Å². The van der Waals surface area contributed by atoms with Crippen LogP contribution in [0.4, 0.5) is 0 Å². The molecule has 8 rings (SSSR count). The molecule has 8 aromatic rings. The summed E-state index contributed by atoms with van der Waals surface area (Å²) in [7, 11) is 0. The average Bonchev–Trinajstić information content (AvgIpc) is 2.99. The second kappa shape index (κ2) is 8.70. The third-order valence-corrected chi connectivity index (χ3v) is 8.29. The van der Waals surface area contributed by atoms with Crippen molar-refractivity contribution in [1.82, 2.24) is 0 Å². The number of hydrogen-bond donors (Lipinski definition) is 0. The van der Waals surface area contributed by atoms with Crippen LogP contribution in [-0.4, -0.2) is 0 Å². The molecule has 0 saturated heterocycles. The van der Waals surface area contributed by atoms with E-state index in [1.54, 1.807) is 0 Å².